The third kappa shape index (κ3) is 3.10. The Morgan fingerprint density at radius 3 is 2.53 bits per heavy atom. The van der Waals surface area contributed by atoms with E-state index in [1.165, 1.54) is 5.56 Å². The topological polar surface area (TPSA) is 46.2 Å². The van der Waals surface area contributed by atoms with Gasteiger partial charge in [0.05, 0.1) is 0 Å². The van der Waals surface area contributed by atoms with Gasteiger partial charge in [-0.15, -0.1) is 0 Å². The van der Waals surface area contributed by atoms with Crippen molar-refractivity contribution in [1.82, 2.24) is 0 Å². The summed E-state index contributed by atoms with van der Waals surface area (Å²) in [4.78, 5) is 0. The van der Waals surface area contributed by atoms with Crippen molar-refractivity contribution in [2.24, 2.45) is 5.73 Å². The van der Waals surface area contributed by atoms with Crippen LogP contribution in [0.3, 0.4) is 0 Å². The molecule has 0 unspecified atom stereocenters. The molecule has 0 heterocycles. The van der Waals surface area contributed by atoms with Crippen LogP contribution in [0.4, 0.5) is 0 Å². The van der Waals surface area contributed by atoms with E-state index >= 15 is 0 Å². The number of aromatic hydroxyl groups is 1. The van der Waals surface area contributed by atoms with Gasteiger partial charge in [-0.1, -0.05) is 39.0 Å². The molecule has 0 saturated heterocycles. The lowest BCUT2D eigenvalue weighted by Crippen LogP contribution is -2.10. The van der Waals surface area contributed by atoms with Crippen LogP contribution in [0.1, 0.15) is 31.9 Å². The molecular formula is C13H19NO. The normalized spacial score (nSPS) is 12.3. The summed E-state index contributed by atoms with van der Waals surface area (Å²) >= 11 is 0. The monoisotopic (exact) mass is 205 g/mol. The summed E-state index contributed by atoms with van der Waals surface area (Å²) < 4.78 is 0. The minimum absolute atomic E-state index is 0.0962. The van der Waals surface area contributed by atoms with Gasteiger partial charge in [0, 0.05) is 12.1 Å². The fourth-order valence-corrected chi connectivity index (χ4v) is 1.35. The first-order valence-corrected chi connectivity index (χ1v) is 5.15. The fourth-order valence-electron chi connectivity index (χ4n) is 1.35. The molecule has 2 nitrogen and oxygen atoms in total. The second kappa shape index (κ2) is 4.49. The quantitative estimate of drug-likeness (QED) is 0.779. The molecule has 0 aliphatic heterocycles. The summed E-state index contributed by atoms with van der Waals surface area (Å²) in [5.41, 5.74) is 7.51. The van der Waals surface area contributed by atoms with Crippen molar-refractivity contribution in [3.8, 4) is 5.75 Å². The van der Waals surface area contributed by atoms with Crippen LogP contribution in [-0.4, -0.2) is 11.7 Å². The van der Waals surface area contributed by atoms with Crippen LogP contribution in [-0.2, 0) is 5.41 Å². The summed E-state index contributed by atoms with van der Waals surface area (Å²) in [5.74, 6) is 0.299. The molecule has 0 bridgehead atoms. The van der Waals surface area contributed by atoms with Crippen molar-refractivity contribution in [3.63, 3.8) is 0 Å². The average molecular weight is 205 g/mol. The molecule has 1 aromatic rings. The van der Waals surface area contributed by atoms with E-state index in [0.717, 1.165) is 5.56 Å². The van der Waals surface area contributed by atoms with Gasteiger partial charge in [-0.3, -0.25) is 0 Å². The standard InChI is InChI=1S/C13H19NO/c1-13(2,3)11-6-7-12(15)10(9-11)5-4-8-14/h4-7,9,15H,8,14H2,1-3H3. The lowest BCUT2D eigenvalue weighted by Gasteiger charge is -2.19. The Balaban J connectivity index is 3.11. The molecule has 1 aromatic carbocycles. The molecule has 0 aromatic heterocycles. The molecule has 0 saturated carbocycles. The van der Waals surface area contributed by atoms with E-state index in [2.05, 4.69) is 20.8 Å². The Hall–Kier alpha value is -1.28. The van der Waals surface area contributed by atoms with E-state index in [0.29, 0.717) is 12.3 Å². The maximum Gasteiger partial charge on any atom is 0.122 e. The number of hydrogen-bond donors (Lipinski definition) is 2. The van der Waals surface area contributed by atoms with Gasteiger partial charge in [0.25, 0.3) is 0 Å². The highest BCUT2D eigenvalue weighted by Crippen LogP contribution is 2.27. The van der Waals surface area contributed by atoms with Crippen LogP contribution in [0, 0.1) is 0 Å². The summed E-state index contributed by atoms with van der Waals surface area (Å²) in [6, 6.07) is 5.69. The fraction of sp³-hybridized carbons (Fsp3) is 0.385. The maximum absolute atomic E-state index is 9.64. The highest BCUT2D eigenvalue weighted by Gasteiger charge is 2.14. The van der Waals surface area contributed by atoms with Gasteiger partial charge in [-0.2, -0.15) is 0 Å². The van der Waals surface area contributed by atoms with Crippen LogP contribution < -0.4 is 5.73 Å². The van der Waals surface area contributed by atoms with Crippen molar-refractivity contribution in [2.45, 2.75) is 26.2 Å². The minimum Gasteiger partial charge on any atom is -0.507 e. The average Bonchev–Trinajstić information content (AvgIpc) is 2.15. The van der Waals surface area contributed by atoms with Crippen molar-refractivity contribution in [3.05, 3.63) is 35.4 Å². The van der Waals surface area contributed by atoms with Crippen molar-refractivity contribution in [2.75, 3.05) is 6.54 Å². The van der Waals surface area contributed by atoms with Crippen LogP contribution >= 0.6 is 0 Å². The Bertz CT molecular complexity index is 361. The highest BCUT2D eigenvalue weighted by atomic mass is 16.3. The van der Waals surface area contributed by atoms with E-state index < -0.39 is 0 Å². The number of benzene rings is 1. The Kier molecular flexibility index (Phi) is 3.53. The van der Waals surface area contributed by atoms with Gasteiger partial charge in [0.15, 0.2) is 0 Å². The number of nitrogens with two attached hydrogens (primary N) is 1. The van der Waals surface area contributed by atoms with Crippen molar-refractivity contribution >= 4 is 6.08 Å². The molecule has 0 aliphatic carbocycles. The second-order valence-corrected chi connectivity index (χ2v) is 4.66. The van der Waals surface area contributed by atoms with E-state index in [1.54, 1.807) is 6.07 Å². The molecule has 2 heteroatoms. The van der Waals surface area contributed by atoms with Crippen LogP contribution in [0.15, 0.2) is 24.3 Å². The first kappa shape index (κ1) is 11.8. The molecule has 0 radical (unpaired) electrons. The maximum atomic E-state index is 9.64. The molecule has 0 aliphatic rings. The minimum atomic E-state index is 0.0962. The first-order chi connectivity index (χ1) is 6.95. The Morgan fingerprint density at radius 1 is 1.33 bits per heavy atom. The third-order valence-corrected chi connectivity index (χ3v) is 2.33. The van der Waals surface area contributed by atoms with Crippen molar-refractivity contribution < 1.29 is 5.11 Å². The molecule has 15 heavy (non-hydrogen) atoms. The van der Waals surface area contributed by atoms with Crippen LogP contribution in [0.25, 0.3) is 6.08 Å². The van der Waals surface area contributed by atoms with Crippen LogP contribution in [0.5, 0.6) is 5.75 Å². The SMILES string of the molecule is CC(C)(C)c1ccc(O)c(C=CCN)c1. The third-order valence-electron chi connectivity index (χ3n) is 2.33. The van der Waals surface area contributed by atoms with Crippen molar-refractivity contribution in [1.29, 1.82) is 0 Å². The lowest BCUT2D eigenvalue weighted by atomic mass is 9.86. The first-order valence-electron chi connectivity index (χ1n) is 5.15. The zero-order valence-electron chi connectivity index (χ0n) is 9.62. The van der Waals surface area contributed by atoms with Gasteiger partial charge < -0.3 is 10.8 Å². The Labute approximate surface area is 91.4 Å². The summed E-state index contributed by atoms with van der Waals surface area (Å²) in [5, 5.41) is 9.64. The van der Waals surface area contributed by atoms with Gasteiger partial charge >= 0.3 is 0 Å². The smallest absolute Gasteiger partial charge is 0.122 e. The lowest BCUT2D eigenvalue weighted by molar-refractivity contribution is 0.472. The van der Waals surface area contributed by atoms with E-state index in [1.807, 2.05) is 24.3 Å². The zero-order valence-corrected chi connectivity index (χ0v) is 9.62. The summed E-state index contributed by atoms with van der Waals surface area (Å²) in [6.45, 7) is 6.93. The molecule has 0 fully saturated rings. The number of phenols is 1. The summed E-state index contributed by atoms with van der Waals surface area (Å²) in [6.07, 6.45) is 3.69. The molecule has 0 amide bonds. The zero-order chi connectivity index (χ0) is 11.5. The van der Waals surface area contributed by atoms with E-state index in [4.69, 9.17) is 5.73 Å². The van der Waals surface area contributed by atoms with Gasteiger partial charge in [0.2, 0.25) is 0 Å². The molecule has 0 spiro atoms. The molecule has 3 N–H and O–H groups in total. The van der Waals surface area contributed by atoms with Gasteiger partial charge in [-0.25, -0.2) is 0 Å². The predicted octanol–water partition coefficient (Wildman–Crippen LogP) is 2.66. The largest absolute Gasteiger partial charge is 0.507 e. The molecule has 0 atom stereocenters. The highest BCUT2D eigenvalue weighted by molar-refractivity contribution is 5.58. The summed E-state index contributed by atoms with van der Waals surface area (Å²) in [7, 11) is 0. The molecule has 1 rings (SSSR count). The number of rotatable bonds is 2. The number of phenolic OH excluding ortho intramolecular Hbond substituents is 1. The molecule has 82 valence electrons. The van der Waals surface area contributed by atoms with Gasteiger partial charge in [-0.05, 0) is 23.1 Å². The van der Waals surface area contributed by atoms with E-state index in [9.17, 15) is 5.11 Å². The Morgan fingerprint density at radius 2 is 2.00 bits per heavy atom. The van der Waals surface area contributed by atoms with Gasteiger partial charge in [0.1, 0.15) is 5.75 Å². The van der Waals surface area contributed by atoms with Crippen LogP contribution in [0.2, 0.25) is 0 Å². The van der Waals surface area contributed by atoms with E-state index in [-0.39, 0.29) is 5.41 Å². The number of hydrogen-bond acceptors (Lipinski definition) is 2. The predicted molar refractivity (Wildman–Crippen MR) is 64.9 cm³/mol. The second-order valence-electron chi connectivity index (χ2n) is 4.66. The molecular weight excluding hydrogens is 186 g/mol.